The average molecular weight is 470 g/mol. The molecule has 1 fully saturated rings. The van der Waals surface area contributed by atoms with Crippen LogP contribution in [-0.2, 0) is 14.3 Å². The van der Waals surface area contributed by atoms with Gasteiger partial charge in [-0.3, -0.25) is 9.69 Å². The summed E-state index contributed by atoms with van der Waals surface area (Å²) < 4.78 is 11.6. The summed E-state index contributed by atoms with van der Waals surface area (Å²) in [5.74, 6) is -0.0854. The number of thiocarbonyl (C=S) groups is 1. The summed E-state index contributed by atoms with van der Waals surface area (Å²) in [4.78, 5) is 28.1. The lowest BCUT2D eigenvalue weighted by atomic mass is 10.1. The molecule has 0 aliphatic carbocycles. The second kappa shape index (κ2) is 11.8. The number of amides is 1. The lowest BCUT2D eigenvalue weighted by Crippen LogP contribution is -2.38. The Labute approximate surface area is 198 Å². The molecule has 0 bridgehead atoms. The average Bonchev–Trinajstić information content (AvgIpc) is 3.07. The molecule has 32 heavy (non-hydrogen) atoms. The number of carbonyl (C=O) groups excluding carboxylic acids is 2. The zero-order valence-corrected chi connectivity index (χ0v) is 19.9. The van der Waals surface area contributed by atoms with Gasteiger partial charge in [0.15, 0.2) is 6.04 Å². The van der Waals surface area contributed by atoms with Crippen molar-refractivity contribution in [3.8, 4) is 5.75 Å². The van der Waals surface area contributed by atoms with Gasteiger partial charge in [-0.2, -0.15) is 0 Å². The lowest BCUT2D eigenvalue weighted by molar-refractivity contribution is -0.151. The molecule has 0 radical (unpaired) electrons. The Morgan fingerprint density at radius 2 is 1.78 bits per heavy atom. The van der Waals surface area contributed by atoms with Crippen LogP contribution in [0.4, 0.5) is 0 Å². The number of carbonyl (C=O) groups is 2. The fourth-order valence-electron chi connectivity index (χ4n) is 3.21. The summed E-state index contributed by atoms with van der Waals surface area (Å²) in [5, 5.41) is 0. The van der Waals surface area contributed by atoms with E-state index in [-0.39, 0.29) is 12.5 Å². The number of hydrogen-bond acceptors (Lipinski definition) is 6. The fourth-order valence-corrected chi connectivity index (χ4v) is 4.51. The van der Waals surface area contributed by atoms with Gasteiger partial charge in [0, 0.05) is 5.56 Å². The lowest BCUT2D eigenvalue weighted by Gasteiger charge is -2.25. The number of para-hydroxylation sites is 1. The smallest absolute Gasteiger partial charge is 0.333 e. The van der Waals surface area contributed by atoms with Gasteiger partial charge < -0.3 is 9.47 Å². The van der Waals surface area contributed by atoms with Crippen LogP contribution < -0.4 is 4.74 Å². The van der Waals surface area contributed by atoms with Gasteiger partial charge in [0.25, 0.3) is 5.91 Å². The topological polar surface area (TPSA) is 55.8 Å². The molecular formula is C25H27NO4S2. The van der Waals surface area contributed by atoms with E-state index in [0.717, 1.165) is 18.4 Å². The second-order valence-electron chi connectivity index (χ2n) is 7.27. The minimum atomic E-state index is -0.919. The monoisotopic (exact) mass is 469 g/mol. The third-order valence-electron chi connectivity index (χ3n) is 4.83. The quantitative estimate of drug-likeness (QED) is 0.191. The highest BCUT2D eigenvalue weighted by molar-refractivity contribution is 8.26. The molecule has 1 atom stereocenters. The van der Waals surface area contributed by atoms with E-state index < -0.39 is 12.0 Å². The first-order chi connectivity index (χ1) is 15.6. The van der Waals surface area contributed by atoms with Crippen LogP contribution in [0, 0.1) is 0 Å². The molecule has 1 saturated heterocycles. The Morgan fingerprint density at radius 3 is 2.50 bits per heavy atom. The number of nitrogens with zero attached hydrogens (tertiary/aromatic N) is 1. The molecule has 1 unspecified atom stereocenters. The van der Waals surface area contributed by atoms with Crippen LogP contribution in [0.1, 0.15) is 50.3 Å². The molecular weight excluding hydrogens is 442 g/mol. The van der Waals surface area contributed by atoms with Crippen LogP contribution in [0.15, 0.2) is 59.5 Å². The molecule has 2 aromatic carbocycles. The van der Waals surface area contributed by atoms with E-state index in [9.17, 15) is 9.59 Å². The fraction of sp³-hybridized carbons (Fsp3) is 0.320. The van der Waals surface area contributed by atoms with Crippen molar-refractivity contribution < 1.29 is 19.1 Å². The Hall–Kier alpha value is -2.64. The van der Waals surface area contributed by atoms with E-state index in [1.807, 2.05) is 49.4 Å². The van der Waals surface area contributed by atoms with Crippen molar-refractivity contribution in [2.24, 2.45) is 0 Å². The Bertz CT molecular complexity index is 990. The normalized spacial score (nSPS) is 15.8. The van der Waals surface area contributed by atoms with Gasteiger partial charge in [0.2, 0.25) is 0 Å². The van der Waals surface area contributed by atoms with Crippen LogP contribution in [0.25, 0.3) is 6.08 Å². The molecule has 168 valence electrons. The maximum absolute atomic E-state index is 13.4. The molecule has 0 saturated carbocycles. The number of unbranched alkanes of at least 4 members (excludes halogenated alkanes) is 1. The van der Waals surface area contributed by atoms with Crippen LogP contribution in [0.5, 0.6) is 5.75 Å². The molecule has 2 aromatic rings. The van der Waals surface area contributed by atoms with Gasteiger partial charge in [0.1, 0.15) is 10.1 Å². The Morgan fingerprint density at radius 1 is 1.06 bits per heavy atom. The number of esters is 1. The van der Waals surface area contributed by atoms with Crippen molar-refractivity contribution in [1.29, 1.82) is 0 Å². The van der Waals surface area contributed by atoms with Gasteiger partial charge >= 0.3 is 5.97 Å². The summed E-state index contributed by atoms with van der Waals surface area (Å²) >= 11 is 6.71. The molecule has 1 heterocycles. The molecule has 1 aliphatic rings. The van der Waals surface area contributed by atoms with Crippen LogP contribution >= 0.6 is 24.0 Å². The number of benzene rings is 2. The highest BCUT2D eigenvalue weighted by Gasteiger charge is 2.42. The van der Waals surface area contributed by atoms with Crippen molar-refractivity contribution in [3.05, 3.63) is 70.6 Å². The van der Waals surface area contributed by atoms with Crippen molar-refractivity contribution >= 4 is 46.3 Å². The predicted molar refractivity (Wildman–Crippen MR) is 132 cm³/mol. The van der Waals surface area contributed by atoms with Gasteiger partial charge in [-0.1, -0.05) is 92.8 Å². The molecule has 3 rings (SSSR count). The highest BCUT2D eigenvalue weighted by atomic mass is 32.2. The summed E-state index contributed by atoms with van der Waals surface area (Å²) in [5.41, 5.74) is 1.46. The first-order valence-electron chi connectivity index (χ1n) is 10.8. The molecule has 0 aromatic heterocycles. The molecule has 1 amide bonds. The van der Waals surface area contributed by atoms with Gasteiger partial charge in [-0.05, 0) is 30.5 Å². The van der Waals surface area contributed by atoms with Crippen LogP contribution in [0.2, 0.25) is 0 Å². The van der Waals surface area contributed by atoms with E-state index in [4.69, 9.17) is 21.7 Å². The zero-order valence-electron chi connectivity index (χ0n) is 18.3. The highest BCUT2D eigenvalue weighted by Crippen LogP contribution is 2.39. The van der Waals surface area contributed by atoms with Gasteiger partial charge in [-0.15, -0.1) is 0 Å². The molecule has 7 heteroatoms. The summed E-state index contributed by atoms with van der Waals surface area (Å²) in [6.45, 7) is 4.93. The summed E-state index contributed by atoms with van der Waals surface area (Å²) in [6, 6.07) is 15.8. The van der Waals surface area contributed by atoms with Gasteiger partial charge in [0.05, 0.1) is 18.1 Å². The molecule has 0 N–H and O–H groups in total. The predicted octanol–water partition coefficient (Wildman–Crippen LogP) is 5.76. The maximum atomic E-state index is 13.4. The first-order valence-corrected chi connectivity index (χ1v) is 12.0. The van der Waals surface area contributed by atoms with Crippen molar-refractivity contribution in [3.63, 3.8) is 0 Å². The third kappa shape index (κ3) is 5.78. The van der Waals surface area contributed by atoms with E-state index in [1.54, 1.807) is 18.2 Å². The summed E-state index contributed by atoms with van der Waals surface area (Å²) in [7, 11) is 0. The zero-order chi connectivity index (χ0) is 22.9. The number of thioether (sulfide) groups is 1. The van der Waals surface area contributed by atoms with Crippen LogP contribution in [0.3, 0.4) is 0 Å². The third-order valence-corrected chi connectivity index (χ3v) is 6.16. The van der Waals surface area contributed by atoms with Crippen LogP contribution in [-0.4, -0.2) is 34.3 Å². The minimum absolute atomic E-state index is 0.287. The van der Waals surface area contributed by atoms with E-state index in [0.29, 0.717) is 33.6 Å². The molecule has 0 spiro atoms. The van der Waals surface area contributed by atoms with Crippen molar-refractivity contribution in [2.75, 3.05) is 13.2 Å². The number of hydrogen-bond donors (Lipinski definition) is 0. The standard InChI is InChI=1S/C25H27NO4S2/c1-3-5-16-29-20-14-10-9-13-19(20)17-21-23(27)26(25(31)32-21)22(24(28)30-15-4-2)18-11-7-6-8-12-18/h6-14,17,22H,3-5,15-16H2,1-2H3/b21-17+. The Kier molecular flexibility index (Phi) is 8.88. The van der Waals surface area contributed by atoms with E-state index in [1.165, 1.54) is 16.7 Å². The van der Waals surface area contributed by atoms with E-state index in [2.05, 4.69) is 6.92 Å². The number of rotatable bonds is 10. The summed E-state index contributed by atoms with van der Waals surface area (Å²) in [6.07, 6.45) is 4.46. The second-order valence-corrected chi connectivity index (χ2v) is 8.95. The maximum Gasteiger partial charge on any atom is 0.333 e. The first kappa shape index (κ1) is 24.0. The van der Waals surface area contributed by atoms with Crippen molar-refractivity contribution in [1.82, 2.24) is 4.90 Å². The SMILES string of the molecule is CCCCOc1ccccc1/C=C1/SC(=S)N(C(C(=O)OCCC)c2ccccc2)C1=O. The number of ether oxygens (including phenoxy) is 2. The van der Waals surface area contributed by atoms with E-state index >= 15 is 0 Å². The largest absolute Gasteiger partial charge is 0.493 e. The molecule has 5 nitrogen and oxygen atoms in total. The van der Waals surface area contributed by atoms with Gasteiger partial charge in [-0.25, -0.2) is 4.79 Å². The Balaban J connectivity index is 1.91. The van der Waals surface area contributed by atoms with Crippen molar-refractivity contribution in [2.45, 2.75) is 39.2 Å². The molecule has 1 aliphatic heterocycles. The minimum Gasteiger partial charge on any atom is -0.493 e.